The van der Waals surface area contributed by atoms with E-state index >= 15 is 0 Å². The Kier molecular flexibility index (Phi) is 1.56. The maximum atomic E-state index is 5.62. The summed E-state index contributed by atoms with van der Waals surface area (Å²) in [5, 5.41) is 5.13. The highest BCUT2D eigenvalue weighted by Crippen LogP contribution is 2.08. The molecule has 1 fully saturated rings. The van der Waals surface area contributed by atoms with Gasteiger partial charge in [0.2, 0.25) is 0 Å². The van der Waals surface area contributed by atoms with Gasteiger partial charge in [0, 0.05) is 6.54 Å². The van der Waals surface area contributed by atoms with E-state index in [1.807, 2.05) is 17.2 Å². The molecule has 0 radical (unpaired) electrons. The summed E-state index contributed by atoms with van der Waals surface area (Å²) in [6.45, 7) is 0.975. The number of hydrogen-bond acceptors (Lipinski definition) is 4. The molecular weight excluding hydrogens is 140 g/mol. The van der Waals surface area contributed by atoms with Crippen LogP contribution in [-0.4, -0.2) is 17.8 Å². The van der Waals surface area contributed by atoms with Gasteiger partial charge in [-0.15, -0.1) is 0 Å². The summed E-state index contributed by atoms with van der Waals surface area (Å²) in [7, 11) is 0. The molecule has 0 aliphatic carbocycles. The maximum Gasteiger partial charge on any atom is 0.147 e. The van der Waals surface area contributed by atoms with Crippen LogP contribution in [0.15, 0.2) is 24.0 Å². The van der Waals surface area contributed by atoms with E-state index < -0.39 is 0 Å². The molecule has 2 aliphatic heterocycles. The summed E-state index contributed by atoms with van der Waals surface area (Å²) in [4.78, 5) is 0. The maximum absolute atomic E-state index is 5.62. The van der Waals surface area contributed by atoms with E-state index in [-0.39, 0.29) is 6.29 Å². The lowest BCUT2D eigenvalue weighted by Gasteiger charge is -2.15. The molecule has 0 aromatic heterocycles. The van der Waals surface area contributed by atoms with Crippen molar-refractivity contribution in [3.63, 3.8) is 0 Å². The minimum atomic E-state index is -0.132. The van der Waals surface area contributed by atoms with E-state index in [9.17, 15) is 0 Å². The molecule has 11 heavy (non-hydrogen) atoms. The van der Waals surface area contributed by atoms with Crippen LogP contribution in [0.4, 0.5) is 0 Å². The second kappa shape index (κ2) is 2.56. The predicted molar refractivity (Wildman–Crippen MR) is 42.8 cm³/mol. The van der Waals surface area contributed by atoms with Crippen molar-refractivity contribution in [1.82, 2.24) is 15.8 Å². The van der Waals surface area contributed by atoms with Crippen LogP contribution in [0.5, 0.6) is 0 Å². The predicted octanol–water partition coefficient (Wildman–Crippen LogP) is -0.560. The van der Waals surface area contributed by atoms with Gasteiger partial charge in [0.15, 0.2) is 0 Å². The van der Waals surface area contributed by atoms with Gasteiger partial charge in [-0.3, -0.25) is 10.7 Å². The zero-order valence-corrected chi connectivity index (χ0v) is 6.25. The van der Waals surface area contributed by atoms with Gasteiger partial charge in [-0.25, -0.2) is 0 Å². The average molecular weight is 152 g/mol. The van der Waals surface area contributed by atoms with Gasteiger partial charge in [0.05, 0.1) is 0 Å². The summed E-state index contributed by atoms with van der Waals surface area (Å²) >= 11 is 0. The normalized spacial score (nSPS) is 29.0. The van der Waals surface area contributed by atoms with Gasteiger partial charge >= 0.3 is 0 Å². The standard InChI is InChI=1S/C7H12N4/c8-7-9-6-4-2-1-3-5-11(6)10-7/h1-2,4,7,9-10H,3,5,8H2. The van der Waals surface area contributed by atoms with E-state index in [0.717, 1.165) is 18.8 Å². The molecule has 60 valence electrons. The number of fused-ring (bicyclic) bond motifs is 1. The van der Waals surface area contributed by atoms with Crippen molar-refractivity contribution in [1.29, 1.82) is 0 Å². The summed E-state index contributed by atoms with van der Waals surface area (Å²) in [6, 6.07) is 0. The molecule has 0 saturated carbocycles. The van der Waals surface area contributed by atoms with Gasteiger partial charge in [-0.1, -0.05) is 12.2 Å². The van der Waals surface area contributed by atoms with Crippen molar-refractivity contribution in [3.05, 3.63) is 24.0 Å². The Morgan fingerprint density at radius 2 is 2.55 bits per heavy atom. The SMILES string of the molecule is NC1NC2=CC=CCCN2N1. The highest BCUT2D eigenvalue weighted by Gasteiger charge is 2.20. The molecule has 1 atom stereocenters. The van der Waals surface area contributed by atoms with Crippen LogP contribution in [0.3, 0.4) is 0 Å². The van der Waals surface area contributed by atoms with Gasteiger partial charge in [-0.05, 0) is 12.5 Å². The van der Waals surface area contributed by atoms with E-state index in [1.54, 1.807) is 0 Å². The molecular formula is C7H12N4. The molecule has 2 rings (SSSR count). The monoisotopic (exact) mass is 152 g/mol. The van der Waals surface area contributed by atoms with Crippen molar-refractivity contribution in [2.45, 2.75) is 12.7 Å². The third-order valence-corrected chi connectivity index (χ3v) is 1.80. The quantitative estimate of drug-likeness (QED) is 0.435. The first-order valence-corrected chi connectivity index (χ1v) is 3.79. The molecule has 4 heteroatoms. The van der Waals surface area contributed by atoms with Crippen LogP contribution in [0.1, 0.15) is 6.42 Å². The van der Waals surface area contributed by atoms with Gasteiger partial charge in [0.25, 0.3) is 0 Å². The molecule has 0 aromatic rings. The fourth-order valence-corrected chi connectivity index (χ4v) is 1.29. The zero-order chi connectivity index (χ0) is 7.68. The largest absolute Gasteiger partial charge is 0.342 e. The third kappa shape index (κ3) is 1.22. The van der Waals surface area contributed by atoms with E-state index in [1.165, 1.54) is 0 Å². The van der Waals surface area contributed by atoms with Crippen LogP contribution in [0.25, 0.3) is 0 Å². The molecule has 2 heterocycles. The Morgan fingerprint density at radius 3 is 3.45 bits per heavy atom. The molecule has 4 N–H and O–H groups in total. The number of nitrogens with one attached hydrogen (secondary N) is 2. The first-order chi connectivity index (χ1) is 5.36. The molecule has 4 nitrogen and oxygen atoms in total. The van der Waals surface area contributed by atoms with Crippen LogP contribution in [0, 0.1) is 0 Å². The molecule has 1 saturated heterocycles. The second-order valence-corrected chi connectivity index (χ2v) is 2.67. The first kappa shape index (κ1) is 6.69. The lowest BCUT2D eigenvalue weighted by molar-refractivity contribution is 0.278. The second-order valence-electron chi connectivity index (χ2n) is 2.67. The topological polar surface area (TPSA) is 53.3 Å². The van der Waals surface area contributed by atoms with Crippen LogP contribution < -0.4 is 16.5 Å². The van der Waals surface area contributed by atoms with E-state index in [4.69, 9.17) is 5.73 Å². The Balaban J connectivity index is 2.16. The number of nitrogens with two attached hydrogens (primary N) is 1. The summed E-state index contributed by atoms with van der Waals surface area (Å²) < 4.78 is 0. The number of allylic oxidation sites excluding steroid dienone is 2. The third-order valence-electron chi connectivity index (χ3n) is 1.80. The van der Waals surface area contributed by atoms with Crippen LogP contribution in [-0.2, 0) is 0 Å². The van der Waals surface area contributed by atoms with E-state index in [0.29, 0.717) is 0 Å². The van der Waals surface area contributed by atoms with Gasteiger partial charge < -0.3 is 5.32 Å². The fourth-order valence-electron chi connectivity index (χ4n) is 1.29. The average Bonchev–Trinajstić information content (AvgIpc) is 2.17. The molecule has 0 spiro atoms. The summed E-state index contributed by atoms with van der Waals surface area (Å²) in [5.41, 5.74) is 8.70. The minimum Gasteiger partial charge on any atom is -0.342 e. The number of hydrogen-bond donors (Lipinski definition) is 3. The number of rotatable bonds is 0. The Labute approximate surface area is 65.7 Å². The molecule has 0 amide bonds. The highest BCUT2D eigenvalue weighted by molar-refractivity contribution is 5.15. The molecule has 1 unspecified atom stereocenters. The van der Waals surface area contributed by atoms with Crippen molar-refractivity contribution in [2.24, 2.45) is 5.73 Å². The van der Waals surface area contributed by atoms with Crippen LogP contribution in [0.2, 0.25) is 0 Å². The summed E-state index contributed by atoms with van der Waals surface area (Å²) in [6.07, 6.45) is 7.13. The van der Waals surface area contributed by atoms with E-state index in [2.05, 4.69) is 16.8 Å². The van der Waals surface area contributed by atoms with Crippen molar-refractivity contribution >= 4 is 0 Å². The van der Waals surface area contributed by atoms with Crippen molar-refractivity contribution in [3.8, 4) is 0 Å². The molecule has 0 bridgehead atoms. The lowest BCUT2D eigenvalue weighted by Crippen LogP contribution is -2.43. The van der Waals surface area contributed by atoms with Gasteiger partial charge in [0.1, 0.15) is 12.1 Å². The lowest BCUT2D eigenvalue weighted by atomic mass is 10.4. The smallest absolute Gasteiger partial charge is 0.147 e. The zero-order valence-electron chi connectivity index (χ0n) is 6.25. The van der Waals surface area contributed by atoms with Crippen molar-refractivity contribution < 1.29 is 0 Å². The van der Waals surface area contributed by atoms with Gasteiger partial charge in [-0.2, -0.15) is 5.43 Å². The Morgan fingerprint density at radius 1 is 1.64 bits per heavy atom. The number of nitrogens with zero attached hydrogens (tertiary/aromatic N) is 1. The summed E-state index contributed by atoms with van der Waals surface area (Å²) in [5.74, 6) is 1.06. The van der Waals surface area contributed by atoms with Crippen molar-refractivity contribution in [2.75, 3.05) is 6.54 Å². The highest BCUT2D eigenvalue weighted by atomic mass is 15.7. The first-order valence-electron chi connectivity index (χ1n) is 3.79. The number of hydrazine groups is 1. The Bertz CT molecular complexity index is 208. The fraction of sp³-hybridized carbons (Fsp3) is 0.429. The Hall–Kier alpha value is -1.00. The molecule has 0 aromatic carbocycles. The minimum absolute atomic E-state index is 0.132. The molecule has 2 aliphatic rings. The van der Waals surface area contributed by atoms with Crippen LogP contribution >= 0.6 is 0 Å².